The molecule has 2 aromatic rings. The summed E-state index contributed by atoms with van der Waals surface area (Å²) in [7, 11) is 0. The lowest BCUT2D eigenvalue weighted by atomic mass is 10.2. The van der Waals surface area contributed by atoms with E-state index < -0.39 is 0 Å². The van der Waals surface area contributed by atoms with Gasteiger partial charge in [0.05, 0.1) is 26.1 Å². The van der Waals surface area contributed by atoms with Gasteiger partial charge in [-0.25, -0.2) is 4.99 Å². The smallest absolute Gasteiger partial charge is 0.264 e. The third-order valence-corrected chi connectivity index (χ3v) is 5.49. The number of nitrogens with one attached hydrogen (secondary N) is 1. The molecule has 1 fully saturated rings. The van der Waals surface area contributed by atoms with Crippen LogP contribution in [0, 0.1) is 0 Å². The van der Waals surface area contributed by atoms with Crippen LogP contribution >= 0.6 is 43.6 Å². The molecule has 0 spiro atoms. The number of halogens is 2. The number of hydrogen-bond acceptors (Lipinski definition) is 5. The van der Waals surface area contributed by atoms with Crippen molar-refractivity contribution in [3.63, 3.8) is 0 Å². The van der Waals surface area contributed by atoms with Crippen LogP contribution in [0.1, 0.15) is 12.5 Å². The number of ether oxygens (including phenoxy) is 1. The van der Waals surface area contributed by atoms with E-state index in [9.17, 15) is 9.90 Å². The van der Waals surface area contributed by atoms with E-state index in [4.69, 9.17) is 4.74 Å². The summed E-state index contributed by atoms with van der Waals surface area (Å²) in [5, 5.41) is 13.0. The van der Waals surface area contributed by atoms with E-state index in [2.05, 4.69) is 42.2 Å². The molecule has 0 unspecified atom stereocenters. The lowest BCUT2D eigenvalue weighted by molar-refractivity contribution is -0.115. The van der Waals surface area contributed by atoms with E-state index in [-0.39, 0.29) is 11.7 Å². The minimum Gasteiger partial charge on any atom is -0.506 e. The van der Waals surface area contributed by atoms with Gasteiger partial charge in [0, 0.05) is 0 Å². The van der Waals surface area contributed by atoms with Gasteiger partial charge in [-0.3, -0.25) is 4.79 Å². The number of amidine groups is 1. The molecule has 1 saturated heterocycles. The molecule has 8 heteroatoms. The summed E-state index contributed by atoms with van der Waals surface area (Å²) in [6, 6.07) is 10.8. The summed E-state index contributed by atoms with van der Waals surface area (Å²) in [6.07, 6.45) is 1.75. The number of benzene rings is 2. The fourth-order valence-electron chi connectivity index (χ4n) is 2.20. The summed E-state index contributed by atoms with van der Waals surface area (Å²) >= 11 is 7.83. The van der Waals surface area contributed by atoms with Crippen LogP contribution in [0.3, 0.4) is 0 Å². The Bertz CT molecular complexity index is 888. The van der Waals surface area contributed by atoms with Gasteiger partial charge in [-0.2, -0.15) is 0 Å². The van der Waals surface area contributed by atoms with E-state index in [1.165, 1.54) is 11.8 Å². The molecule has 26 heavy (non-hydrogen) atoms. The Morgan fingerprint density at radius 3 is 2.50 bits per heavy atom. The molecule has 5 nitrogen and oxygen atoms in total. The molecule has 1 heterocycles. The van der Waals surface area contributed by atoms with Gasteiger partial charge in [-0.1, -0.05) is 0 Å². The number of phenols is 1. The van der Waals surface area contributed by atoms with Crippen LogP contribution in [0.4, 0.5) is 5.69 Å². The molecule has 0 aliphatic carbocycles. The van der Waals surface area contributed by atoms with Crippen LogP contribution < -0.4 is 10.1 Å². The predicted octanol–water partition coefficient (Wildman–Crippen LogP) is 5.21. The average molecular weight is 498 g/mol. The maximum atomic E-state index is 12.2. The van der Waals surface area contributed by atoms with Gasteiger partial charge in [0.15, 0.2) is 5.17 Å². The number of rotatable bonds is 4. The zero-order valence-corrected chi connectivity index (χ0v) is 17.6. The van der Waals surface area contributed by atoms with Crippen LogP contribution in [0.15, 0.2) is 55.2 Å². The van der Waals surface area contributed by atoms with Gasteiger partial charge in [-0.15, -0.1) is 0 Å². The Kier molecular flexibility index (Phi) is 6.05. The van der Waals surface area contributed by atoms with Crippen molar-refractivity contribution < 1.29 is 14.6 Å². The Hall–Kier alpha value is -1.77. The molecule has 1 aliphatic heterocycles. The van der Waals surface area contributed by atoms with Gasteiger partial charge in [0.1, 0.15) is 11.5 Å². The van der Waals surface area contributed by atoms with Gasteiger partial charge in [-0.05, 0) is 98.6 Å². The number of hydrogen-bond donors (Lipinski definition) is 2. The average Bonchev–Trinajstić information content (AvgIpc) is 2.94. The first-order chi connectivity index (χ1) is 12.5. The highest BCUT2D eigenvalue weighted by molar-refractivity contribution is 9.11. The third kappa shape index (κ3) is 4.49. The van der Waals surface area contributed by atoms with E-state index in [0.717, 1.165) is 17.0 Å². The second-order valence-electron chi connectivity index (χ2n) is 5.24. The van der Waals surface area contributed by atoms with Crippen LogP contribution in [0.25, 0.3) is 6.08 Å². The lowest BCUT2D eigenvalue weighted by Crippen LogP contribution is -2.19. The summed E-state index contributed by atoms with van der Waals surface area (Å²) in [5.41, 5.74) is 1.51. The number of aromatic hydroxyl groups is 1. The molecule has 0 radical (unpaired) electrons. The fourth-order valence-corrected chi connectivity index (χ4v) is 4.26. The second kappa shape index (κ2) is 8.28. The summed E-state index contributed by atoms with van der Waals surface area (Å²) in [6.45, 7) is 2.54. The van der Waals surface area contributed by atoms with Crippen molar-refractivity contribution in [1.82, 2.24) is 5.32 Å². The first-order valence-electron chi connectivity index (χ1n) is 7.66. The van der Waals surface area contributed by atoms with E-state index >= 15 is 0 Å². The minimum absolute atomic E-state index is 0.119. The van der Waals surface area contributed by atoms with E-state index in [0.29, 0.717) is 25.6 Å². The monoisotopic (exact) mass is 496 g/mol. The minimum atomic E-state index is -0.208. The standard InChI is InChI=1S/C18H14Br2N2O3S/c1-2-25-12-5-3-11(4-6-12)21-18-22-17(24)15(26-18)9-10-7-13(19)16(23)14(20)8-10/h3-9,23H,2H2,1H3,(H,21,22,24)/b15-9+. The quantitative estimate of drug-likeness (QED) is 0.569. The third-order valence-electron chi connectivity index (χ3n) is 3.37. The summed E-state index contributed by atoms with van der Waals surface area (Å²) in [5.74, 6) is 0.692. The Morgan fingerprint density at radius 2 is 1.88 bits per heavy atom. The number of nitrogens with zero attached hydrogens (tertiary/aromatic N) is 1. The highest BCUT2D eigenvalue weighted by Crippen LogP contribution is 2.35. The van der Waals surface area contributed by atoms with Crippen molar-refractivity contribution in [1.29, 1.82) is 0 Å². The molecular weight excluding hydrogens is 484 g/mol. The van der Waals surface area contributed by atoms with Crippen LogP contribution in [-0.2, 0) is 4.79 Å². The van der Waals surface area contributed by atoms with Gasteiger partial charge in [0.25, 0.3) is 5.91 Å². The van der Waals surface area contributed by atoms with Crippen molar-refractivity contribution in [2.45, 2.75) is 6.92 Å². The van der Waals surface area contributed by atoms with Crippen molar-refractivity contribution in [3.05, 3.63) is 55.8 Å². The zero-order chi connectivity index (χ0) is 18.7. The Balaban J connectivity index is 1.80. The van der Waals surface area contributed by atoms with Crippen molar-refractivity contribution in [2.75, 3.05) is 6.61 Å². The highest BCUT2D eigenvalue weighted by Gasteiger charge is 2.24. The van der Waals surface area contributed by atoms with Crippen LogP contribution in [-0.4, -0.2) is 22.8 Å². The topological polar surface area (TPSA) is 70.9 Å². The molecule has 3 rings (SSSR count). The fraction of sp³-hybridized carbons (Fsp3) is 0.111. The van der Waals surface area contributed by atoms with Crippen molar-refractivity contribution in [3.8, 4) is 11.5 Å². The molecule has 0 bridgehead atoms. The number of amides is 1. The highest BCUT2D eigenvalue weighted by atomic mass is 79.9. The Labute approximate surface area is 171 Å². The molecule has 0 aromatic heterocycles. The SMILES string of the molecule is CCOc1ccc(N=C2NC(=O)/C(=C\c3cc(Br)c(O)c(Br)c3)S2)cc1. The molecule has 2 N–H and O–H groups in total. The van der Waals surface area contributed by atoms with Gasteiger partial charge < -0.3 is 15.2 Å². The van der Waals surface area contributed by atoms with E-state index in [1.807, 2.05) is 31.2 Å². The molecule has 1 amide bonds. The molecule has 0 saturated carbocycles. The lowest BCUT2D eigenvalue weighted by Gasteiger charge is -2.03. The second-order valence-corrected chi connectivity index (χ2v) is 7.98. The first-order valence-corrected chi connectivity index (χ1v) is 10.1. The normalized spacial score (nSPS) is 17.0. The number of phenolic OH excluding ortho intramolecular Hbond substituents is 1. The van der Waals surface area contributed by atoms with E-state index in [1.54, 1.807) is 18.2 Å². The molecule has 0 atom stereocenters. The molecule has 2 aromatic carbocycles. The number of aliphatic imine (C=N–C) groups is 1. The number of carbonyl (C=O) groups excluding carboxylic acids is 1. The Morgan fingerprint density at radius 1 is 1.23 bits per heavy atom. The number of thioether (sulfide) groups is 1. The van der Waals surface area contributed by atoms with Crippen molar-refractivity contribution >= 4 is 66.5 Å². The van der Waals surface area contributed by atoms with Gasteiger partial charge >= 0.3 is 0 Å². The van der Waals surface area contributed by atoms with Crippen molar-refractivity contribution in [2.24, 2.45) is 4.99 Å². The first kappa shape index (κ1) is 19.0. The zero-order valence-electron chi connectivity index (χ0n) is 13.6. The predicted molar refractivity (Wildman–Crippen MR) is 112 cm³/mol. The number of carbonyl (C=O) groups is 1. The maximum Gasteiger partial charge on any atom is 0.264 e. The summed E-state index contributed by atoms with van der Waals surface area (Å²) in [4.78, 5) is 17.2. The molecule has 134 valence electrons. The molecule has 1 aliphatic rings. The maximum absolute atomic E-state index is 12.2. The largest absolute Gasteiger partial charge is 0.506 e. The summed E-state index contributed by atoms with van der Waals surface area (Å²) < 4.78 is 6.49. The molecular formula is C18H14Br2N2O3S. The van der Waals surface area contributed by atoms with Crippen LogP contribution in [0.5, 0.6) is 11.5 Å². The van der Waals surface area contributed by atoms with Crippen LogP contribution in [0.2, 0.25) is 0 Å². The van der Waals surface area contributed by atoms with Gasteiger partial charge in [0.2, 0.25) is 0 Å².